The van der Waals surface area contributed by atoms with Gasteiger partial charge in [-0.25, -0.2) is 0 Å². The third kappa shape index (κ3) is 5.97. The first-order valence-corrected chi connectivity index (χ1v) is 21.0. The molecule has 0 aromatic carbocycles. The third-order valence-electron chi connectivity index (χ3n) is 17.6. The number of fused-ring (bicyclic) bond motifs is 7. The summed E-state index contributed by atoms with van der Waals surface area (Å²) in [6.45, 7) is 14.2. The van der Waals surface area contributed by atoms with E-state index in [-0.39, 0.29) is 45.5 Å². The number of carbonyl (C=O) groups excluding carboxylic acids is 1. The van der Waals surface area contributed by atoms with Gasteiger partial charge in [-0.2, -0.15) is 0 Å². The highest BCUT2D eigenvalue weighted by Crippen LogP contribution is 2.76. The van der Waals surface area contributed by atoms with E-state index in [2.05, 4.69) is 40.7 Å². The van der Waals surface area contributed by atoms with Gasteiger partial charge in [-0.3, -0.25) is 4.79 Å². The van der Waals surface area contributed by atoms with Crippen LogP contribution in [0.15, 0.2) is 11.6 Å². The minimum atomic E-state index is -1.73. The lowest BCUT2D eigenvalue weighted by Gasteiger charge is -2.72. The Bertz CT molecular complexity index is 1520. The fourth-order valence-electron chi connectivity index (χ4n) is 13.8. The van der Waals surface area contributed by atoms with Crippen molar-refractivity contribution in [3.05, 3.63) is 11.6 Å². The molecule has 2 aliphatic heterocycles. The predicted molar refractivity (Wildman–Crippen MR) is 199 cm³/mol. The van der Waals surface area contributed by atoms with Crippen LogP contribution in [0.25, 0.3) is 0 Å². The molecule has 6 fully saturated rings. The Kier molecular flexibility index (Phi) is 11.0. The molecule has 14 nitrogen and oxygen atoms in total. The molecule has 0 bridgehead atoms. The second-order valence-electron chi connectivity index (χ2n) is 20.3. The van der Waals surface area contributed by atoms with Crippen LogP contribution >= 0.6 is 0 Å². The van der Waals surface area contributed by atoms with E-state index >= 15 is 0 Å². The Morgan fingerprint density at radius 2 is 1.32 bits per heavy atom. The largest absolute Gasteiger partial charge is 0.432 e. The number of esters is 1. The van der Waals surface area contributed by atoms with E-state index in [0.717, 1.165) is 31.3 Å². The van der Waals surface area contributed by atoms with Gasteiger partial charge in [0, 0.05) is 5.92 Å². The summed E-state index contributed by atoms with van der Waals surface area (Å²) in [5.41, 5.74) is -2.39. The summed E-state index contributed by atoms with van der Waals surface area (Å²) in [5.74, 6) is -0.844. The molecule has 320 valence electrons. The third-order valence-corrected chi connectivity index (χ3v) is 17.6. The van der Waals surface area contributed by atoms with Crippen LogP contribution in [0.2, 0.25) is 0 Å². The van der Waals surface area contributed by atoms with Crippen molar-refractivity contribution in [1.29, 1.82) is 0 Å². The van der Waals surface area contributed by atoms with Crippen molar-refractivity contribution in [3.63, 3.8) is 0 Å². The van der Waals surface area contributed by atoms with Gasteiger partial charge in [0.25, 0.3) is 0 Å². The monoisotopic (exact) mass is 796 g/mol. The van der Waals surface area contributed by atoms with Crippen LogP contribution < -0.4 is 0 Å². The second kappa shape index (κ2) is 14.4. The van der Waals surface area contributed by atoms with Crippen molar-refractivity contribution in [2.75, 3.05) is 13.2 Å². The van der Waals surface area contributed by atoms with Gasteiger partial charge in [0.1, 0.15) is 48.8 Å². The highest BCUT2D eigenvalue weighted by atomic mass is 16.7. The normalized spacial score (nSPS) is 55.4. The first kappa shape index (κ1) is 42.8. The van der Waals surface area contributed by atoms with Gasteiger partial charge in [0.2, 0.25) is 6.29 Å². The van der Waals surface area contributed by atoms with Gasteiger partial charge in [0.05, 0.1) is 30.3 Å². The van der Waals surface area contributed by atoms with Crippen LogP contribution in [-0.4, -0.2) is 138 Å². The Labute approximate surface area is 330 Å². The molecule has 4 saturated carbocycles. The van der Waals surface area contributed by atoms with Crippen LogP contribution in [0.1, 0.15) is 106 Å². The summed E-state index contributed by atoms with van der Waals surface area (Å²) in [7, 11) is 0. The predicted octanol–water partition coefficient (Wildman–Crippen LogP) is 1.29. The van der Waals surface area contributed by atoms with Gasteiger partial charge < -0.3 is 64.9 Å². The molecule has 0 amide bonds. The maximum absolute atomic E-state index is 14.6. The molecule has 0 aromatic heterocycles. The van der Waals surface area contributed by atoms with E-state index in [1.807, 2.05) is 13.8 Å². The fraction of sp³-hybridized carbons (Fsp3) is 0.929. The van der Waals surface area contributed by atoms with Crippen molar-refractivity contribution in [2.24, 2.45) is 50.7 Å². The average Bonchev–Trinajstić information content (AvgIpc) is 3.14. The lowest BCUT2D eigenvalue weighted by atomic mass is 9.33. The van der Waals surface area contributed by atoms with E-state index in [1.54, 1.807) is 0 Å². The molecule has 0 radical (unpaired) electrons. The zero-order valence-electron chi connectivity index (χ0n) is 34.1. The molecule has 5 aliphatic carbocycles. The smallest absolute Gasteiger partial charge is 0.315 e. The van der Waals surface area contributed by atoms with Crippen molar-refractivity contribution >= 4 is 5.97 Å². The molecule has 7 aliphatic rings. The van der Waals surface area contributed by atoms with E-state index < -0.39 is 97.5 Å². The van der Waals surface area contributed by atoms with Crippen LogP contribution in [-0.2, 0) is 23.7 Å². The summed E-state index contributed by atoms with van der Waals surface area (Å²) in [4.78, 5) is 14.6. The number of rotatable bonds is 6. The number of allylic oxidation sites excluding steroid dienone is 1. The molecular formula is C42H68O14. The highest BCUT2D eigenvalue weighted by Gasteiger charge is 2.72. The molecule has 14 heteroatoms. The number of hydrogen-bond acceptors (Lipinski definition) is 14. The minimum absolute atomic E-state index is 0.115. The SMILES string of the molecule is CC1CCC2(C(=O)OC3OC(CO)C(O)C(O)C3O)CCC3(C)C(=CCC4C5(C)CCC(OC6OC(CO)C(O)C(O)C6O)C(C)(C)C5CCC43C)C2C1(C)O. The summed E-state index contributed by atoms with van der Waals surface area (Å²) in [6, 6.07) is 0. The Morgan fingerprint density at radius 3 is 1.93 bits per heavy atom. The van der Waals surface area contributed by atoms with Crippen LogP contribution in [0.4, 0.5) is 0 Å². The van der Waals surface area contributed by atoms with Crippen LogP contribution in [0.5, 0.6) is 0 Å². The van der Waals surface area contributed by atoms with E-state index in [9.17, 15) is 50.8 Å². The number of ether oxygens (including phenoxy) is 4. The van der Waals surface area contributed by atoms with Crippen molar-refractivity contribution in [3.8, 4) is 0 Å². The molecule has 7 rings (SSSR count). The van der Waals surface area contributed by atoms with E-state index in [1.165, 1.54) is 0 Å². The van der Waals surface area contributed by atoms with Crippen molar-refractivity contribution < 1.29 is 69.7 Å². The van der Waals surface area contributed by atoms with Gasteiger partial charge in [0.15, 0.2) is 6.29 Å². The second-order valence-corrected chi connectivity index (χ2v) is 20.3. The molecule has 0 aromatic rings. The van der Waals surface area contributed by atoms with E-state index in [4.69, 9.17) is 18.9 Å². The molecule has 9 N–H and O–H groups in total. The molecular weight excluding hydrogens is 728 g/mol. The van der Waals surface area contributed by atoms with E-state index in [0.29, 0.717) is 32.1 Å². The van der Waals surface area contributed by atoms with Crippen LogP contribution in [0, 0.1) is 50.7 Å². The molecule has 2 saturated heterocycles. The molecule has 56 heavy (non-hydrogen) atoms. The highest BCUT2D eigenvalue weighted by molar-refractivity contribution is 5.79. The Balaban J connectivity index is 1.18. The number of hydrogen-bond donors (Lipinski definition) is 9. The Morgan fingerprint density at radius 1 is 0.732 bits per heavy atom. The minimum Gasteiger partial charge on any atom is -0.432 e. The first-order valence-electron chi connectivity index (χ1n) is 21.0. The standard InChI is InChI=1S/C42H68O14/c1-20-10-15-42(36(51)56-35-32(50)30(48)28(46)23(19-44)54-35)17-16-39(5)21(33(42)41(20,7)52)8-9-25-38(4)13-12-26(37(2,3)24(38)11-14-40(25,39)6)55-34-31(49)29(47)27(45)22(18-43)53-34/h8,20,22-35,43-50,52H,9-19H2,1-7H3. The molecule has 0 spiro atoms. The lowest BCUT2D eigenvalue weighted by Crippen LogP contribution is -2.68. The van der Waals surface area contributed by atoms with Crippen LogP contribution in [0.3, 0.4) is 0 Å². The van der Waals surface area contributed by atoms with Gasteiger partial charge in [-0.1, -0.05) is 53.2 Å². The number of aliphatic hydroxyl groups excluding tert-OH is 8. The Hall–Kier alpha value is -1.27. The molecule has 20 atom stereocenters. The number of carbonyl (C=O) groups is 1. The average molecular weight is 797 g/mol. The topological polar surface area (TPSA) is 236 Å². The van der Waals surface area contributed by atoms with Gasteiger partial charge in [-0.15, -0.1) is 0 Å². The molecule has 2 heterocycles. The summed E-state index contributed by atoms with van der Waals surface area (Å²) in [5, 5.41) is 95.3. The van der Waals surface area contributed by atoms with Crippen molar-refractivity contribution in [1.82, 2.24) is 0 Å². The maximum atomic E-state index is 14.6. The zero-order valence-corrected chi connectivity index (χ0v) is 34.1. The first-order chi connectivity index (χ1) is 26.1. The summed E-state index contributed by atoms with van der Waals surface area (Å²) < 4.78 is 23.8. The number of aliphatic hydroxyl groups is 9. The maximum Gasteiger partial charge on any atom is 0.315 e. The summed E-state index contributed by atoms with van der Waals surface area (Å²) in [6.07, 6.45) is -6.33. The van der Waals surface area contributed by atoms with Gasteiger partial charge in [-0.05, 0) is 104 Å². The lowest BCUT2D eigenvalue weighted by molar-refractivity contribution is -0.330. The zero-order chi connectivity index (χ0) is 41.1. The van der Waals surface area contributed by atoms with Crippen molar-refractivity contribution in [2.45, 2.75) is 179 Å². The quantitative estimate of drug-likeness (QED) is 0.105. The molecule has 20 unspecified atom stereocenters. The fourth-order valence-corrected chi connectivity index (χ4v) is 13.8. The van der Waals surface area contributed by atoms with Gasteiger partial charge >= 0.3 is 5.97 Å². The summed E-state index contributed by atoms with van der Waals surface area (Å²) >= 11 is 0.